The lowest BCUT2D eigenvalue weighted by molar-refractivity contribution is 0.211. The molecule has 1 rings (SSSR count). The molecule has 0 amide bonds. The van der Waals surface area contributed by atoms with Crippen LogP contribution in [-0.2, 0) is 11.3 Å². The summed E-state index contributed by atoms with van der Waals surface area (Å²) in [6.45, 7) is 6.61. The fraction of sp³-hybridized carbons (Fsp3) is 0.400. The first kappa shape index (κ1) is 16.0. The van der Waals surface area contributed by atoms with Crippen molar-refractivity contribution in [3.05, 3.63) is 42.5 Å². The highest BCUT2D eigenvalue weighted by Gasteiger charge is 1.97. The maximum absolute atomic E-state index is 5.00. The van der Waals surface area contributed by atoms with Gasteiger partial charge in [0, 0.05) is 39.5 Å². The maximum Gasteiger partial charge on any atom is 0.191 e. The van der Waals surface area contributed by atoms with E-state index in [0.29, 0.717) is 13.2 Å². The minimum atomic E-state index is 0.696. The third-order valence-corrected chi connectivity index (χ3v) is 2.69. The number of hydrogen-bond donors (Lipinski definition) is 3. The Kier molecular flexibility index (Phi) is 7.91. The van der Waals surface area contributed by atoms with Crippen LogP contribution in [0.2, 0.25) is 0 Å². The van der Waals surface area contributed by atoms with E-state index < -0.39 is 0 Å². The second-order valence-electron chi connectivity index (χ2n) is 4.21. The lowest BCUT2D eigenvalue weighted by Gasteiger charge is -2.11. The Hall–Kier alpha value is -2.01. The van der Waals surface area contributed by atoms with Gasteiger partial charge in [-0.1, -0.05) is 18.2 Å². The topological polar surface area (TPSA) is 57.7 Å². The first-order valence-corrected chi connectivity index (χ1v) is 6.67. The van der Waals surface area contributed by atoms with Crippen LogP contribution in [0, 0.1) is 0 Å². The standard InChI is InChI=1S/C15H24N4O/c1-4-9-18-15(16-2)19-12-13-5-7-14(8-6-13)17-10-11-20-3/h4-8,17H,1,9-12H2,2-3H3,(H2,16,18,19). The molecule has 0 aliphatic carbocycles. The molecule has 1 aromatic rings. The predicted molar refractivity (Wildman–Crippen MR) is 85.2 cm³/mol. The Morgan fingerprint density at radius 2 is 2.05 bits per heavy atom. The SMILES string of the molecule is C=CCNC(=NC)NCc1ccc(NCCOC)cc1. The Morgan fingerprint density at radius 1 is 1.30 bits per heavy atom. The number of rotatable bonds is 8. The van der Waals surface area contributed by atoms with Crippen LogP contribution >= 0.6 is 0 Å². The van der Waals surface area contributed by atoms with Crippen molar-refractivity contribution in [2.24, 2.45) is 4.99 Å². The van der Waals surface area contributed by atoms with Crippen molar-refractivity contribution in [1.82, 2.24) is 10.6 Å². The number of benzene rings is 1. The first-order chi connectivity index (χ1) is 9.80. The van der Waals surface area contributed by atoms with Gasteiger partial charge in [-0.05, 0) is 17.7 Å². The average Bonchev–Trinajstić information content (AvgIpc) is 2.49. The van der Waals surface area contributed by atoms with Crippen LogP contribution in [0.3, 0.4) is 0 Å². The van der Waals surface area contributed by atoms with E-state index in [1.54, 1.807) is 20.2 Å². The summed E-state index contributed by atoms with van der Waals surface area (Å²) in [5.41, 5.74) is 2.30. The van der Waals surface area contributed by atoms with Crippen LogP contribution in [-0.4, -0.2) is 39.8 Å². The molecule has 0 atom stereocenters. The summed E-state index contributed by atoms with van der Waals surface area (Å²) >= 11 is 0. The van der Waals surface area contributed by atoms with Crippen molar-refractivity contribution in [2.45, 2.75) is 6.54 Å². The molecule has 0 fully saturated rings. The summed E-state index contributed by atoms with van der Waals surface area (Å²) in [5.74, 6) is 0.771. The van der Waals surface area contributed by atoms with Crippen LogP contribution in [0.5, 0.6) is 0 Å². The first-order valence-electron chi connectivity index (χ1n) is 6.67. The van der Waals surface area contributed by atoms with Gasteiger partial charge in [0.15, 0.2) is 5.96 Å². The van der Waals surface area contributed by atoms with Crippen molar-refractivity contribution >= 4 is 11.6 Å². The van der Waals surface area contributed by atoms with E-state index in [0.717, 1.165) is 24.7 Å². The molecule has 0 unspecified atom stereocenters. The lowest BCUT2D eigenvalue weighted by Crippen LogP contribution is -2.36. The number of guanidine groups is 1. The Morgan fingerprint density at radius 3 is 2.65 bits per heavy atom. The predicted octanol–water partition coefficient (Wildman–Crippen LogP) is 1.60. The van der Waals surface area contributed by atoms with E-state index in [-0.39, 0.29) is 0 Å². The largest absolute Gasteiger partial charge is 0.383 e. The van der Waals surface area contributed by atoms with Gasteiger partial charge < -0.3 is 20.7 Å². The van der Waals surface area contributed by atoms with Crippen molar-refractivity contribution in [1.29, 1.82) is 0 Å². The molecule has 3 N–H and O–H groups in total. The fourth-order valence-corrected chi connectivity index (χ4v) is 1.61. The van der Waals surface area contributed by atoms with Gasteiger partial charge >= 0.3 is 0 Å². The molecule has 0 saturated heterocycles. The van der Waals surface area contributed by atoms with E-state index in [1.807, 2.05) is 0 Å². The summed E-state index contributed by atoms with van der Waals surface area (Å²) < 4.78 is 5.00. The zero-order valence-corrected chi connectivity index (χ0v) is 12.3. The number of methoxy groups -OCH3 is 1. The van der Waals surface area contributed by atoms with Gasteiger partial charge in [-0.3, -0.25) is 4.99 Å². The molecule has 0 aliphatic rings. The summed E-state index contributed by atoms with van der Waals surface area (Å²) in [6, 6.07) is 8.30. The molecular formula is C15H24N4O. The normalized spacial score (nSPS) is 11.0. The van der Waals surface area contributed by atoms with Crippen LogP contribution in [0.25, 0.3) is 0 Å². The van der Waals surface area contributed by atoms with Crippen LogP contribution in [0.4, 0.5) is 5.69 Å². The second kappa shape index (κ2) is 9.86. The van der Waals surface area contributed by atoms with Crippen molar-refractivity contribution < 1.29 is 4.74 Å². The highest BCUT2D eigenvalue weighted by atomic mass is 16.5. The van der Waals surface area contributed by atoms with E-state index >= 15 is 0 Å². The van der Waals surface area contributed by atoms with Crippen LogP contribution < -0.4 is 16.0 Å². The van der Waals surface area contributed by atoms with E-state index in [1.165, 1.54) is 5.56 Å². The molecular weight excluding hydrogens is 252 g/mol. The number of ether oxygens (including phenoxy) is 1. The highest BCUT2D eigenvalue weighted by molar-refractivity contribution is 5.79. The van der Waals surface area contributed by atoms with Gasteiger partial charge in [0.05, 0.1) is 6.61 Å². The smallest absolute Gasteiger partial charge is 0.191 e. The Labute approximate surface area is 121 Å². The molecule has 0 aromatic heterocycles. The number of aliphatic imine (C=N–C) groups is 1. The molecule has 1 aromatic carbocycles. The summed E-state index contributed by atoms with van der Waals surface area (Å²) in [6.07, 6.45) is 1.80. The van der Waals surface area contributed by atoms with Gasteiger partial charge in [-0.2, -0.15) is 0 Å². The fourth-order valence-electron chi connectivity index (χ4n) is 1.61. The minimum Gasteiger partial charge on any atom is -0.383 e. The van der Waals surface area contributed by atoms with E-state index in [2.05, 4.69) is 51.8 Å². The summed E-state index contributed by atoms with van der Waals surface area (Å²) in [5, 5.41) is 9.66. The Balaban J connectivity index is 2.38. The molecule has 110 valence electrons. The van der Waals surface area contributed by atoms with Gasteiger partial charge in [-0.25, -0.2) is 0 Å². The molecule has 0 aliphatic heterocycles. The quantitative estimate of drug-likeness (QED) is 0.292. The molecule has 20 heavy (non-hydrogen) atoms. The minimum absolute atomic E-state index is 0.696. The Bertz CT molecular complexity index is 414. The van der Waals surface area contributed by atoms with E-state index in [9.17, 15) is 0 Å². The summed E-state index contributed by atoms with van der Waals surface area (Å²) in [7, 11) is 3.45. The second-order valence-corrected chi connectivity index (χ2v) is 4.21. The van der Waals surface area contributed by atoms with Crippen LogP contribution in [0.1, 0.15) is 5.56 Å². The summed E-state index contributed by atoms with van der Waals surface area (Å²) in [4.78, 5) is 4.13. The molecule has 0 heterocycles. The van der Waals surface area contributed by atoms with Gasteiger partial charge in [0.1, 0.15) is 0 Å². The number of nitrogens with zero attached hydrogens (tertiary/aromatic N) is 1. The van der Waals surface area contributed by atoms with Crippen LogP contribution in [0.15, 0.2) is 41.9 Å². The third-order valence-electron chi connectivity index (χ3n) is 2.69. The average molecular weight is 276 g/mol. The number of hydrogen-bond acceptors (Lipinski definition) is 3. The monoisotopic (exact) mass is 276 g/mol. The van der Waals surface area contributed by atoms with Gasteiger partial charge in [-0.15, -0.1) is 6.58 Å². The van der Waals surface area contributed by atoms with Crippen molar-refractivity contribution in [2.75, 3.05) is 39.2 Å². The van der Waals surface area contributed by atoms with Crippen molar-refractivity contribution in [3.63, 3.8) is 0 Å². The zero-order chi connectivity index (χ0) is 14.6. The van der Waals surface area contributed by atoms with Crippen molar-refractivity contribution in [3.8, 4) is 0 Å². The lowest BCUT2D eigenvalue weighted by atomic mass is 10.2. The molecule has 5 heteroatoms. The molecule has 0 bridgehead atoms. The number of anilines is 1. The van der Waals surface area contributed by atoms with Gasteiger partial charge in [0.25, 0.3) is 0 Å². The highest BCUT2D eigenvalue weighted by Crippen LogP contribution is 2.08. The molecule has 0 radical (unpaired) electrons. The molecule has 0 spiro atoms. The zero-order valence-electron chi connectivity index (χ0n) is 12.3. The maximum atomic E-state index is 5.00. The molecule has 0 saturated carbocycles. The van der Waals surface area contributed by atoms with Gasteiger partial charge in [0.2, 0.25) is 0 Å². The number of nitrogens with one attached hydrogen (secondary N) is 3. The molecule has 5 nitrogen and oxygen atoms in total. The third kappa shape index (κ3) is 6.24. The van der Waals surface area contributed by atoms with E-state index in [4.69, 9.17) is 4.74 Å².